The molecule has 0 aliphatic heterocycles. The fraction of sp³-hybridized carbons (Fsp3) is 0.500. The van der Waals surface area contributed by atoms with Crippen LogP contribution in [-0.4, -0.2) is 34.3 Å². The Balaban J connectivity index is 2.27. The number of pyridine rings is 1. The number of carboxylic acid groups (broad SMARTS) is 1. The summed E-state index contributed by atoms with van der Waals surface area (Å²) in [4.78, 5) is 14.4. The van der Waals surface area contributed by atoms with Crippen LogP contribution in [0.2, 0.25) is 0 Å². The molecule has 1 heterocycles. The van der Waals surface area contributed by atoms with E-state index in [1.807, 2.05) is 0 Å². The summed E-state index contributed by atoms with van der Waals surface area (Å²) in [5.74, 6) is -1.02. The first-order valence-corrected chi connectivity index (χ1v) is 5.78. The summed E-state index contributed by atoms with van der Waals surface area (Å²) in [6.07, 6.45) is 5.42. The van der Waals surface area contributed by atoms with Gasteiger partial charge in [0.15, 0.2) is 0 Å². The number of aliphatic hydroxyl groups is 1. The second kappa shape index (κ2) is 7.62. The molecule has 0 radical (unpaired) electrons. The Morgan fingerprint density at radius 2 is 2.06 bits per heavy atom. The Morgan fingerprint density at radius 1 is 1.29 bits per heavy atom. The average Bonchev–Trinajstić information content (AvgIpc) is 2.34. The molecule has 0 atom stereocenters. The van der Waals surface area contributed by atoms with Crippen LogP contribution >= 0.6 is 0 Å². The fourth-order valence-electron chi connectivity index (χ4n) is 1.48. The monoisotopic (exact) mass is 238 g/mol. The van der Waals surface area contributed by atoms with E-state index in [1.165, 1.54) is 12.3 Å². The molecule has 0 amide bonds. The van der Waals surface area contributed by atoms with Crippen molar-refractivity contribution in [3.8, 4) is 0 Å². The highest BCUT2D eigenvalue weighted by molar-refractivity contribution is 5.86. The van der Waals surface area contributed by atoms with Crippen LogP contribution in [0.25, 0.3) is 0 Å². The number of carboxylic acids is 1. The van der Waals surface area contributed by atoms with Gasteiger partial charge < -0.3 is 15.5 Å². The zero-order valence-electron chi connectivity index (χ0n) is 9.72. The maximum Gasteiger partial charge on any atom is 0.354 e. The molecule has 0 aliphatic rings. The van der Waals surface area contributed by atoms with E-state index < -0.39 is 5.97 Å². The van der Waals surface area contributed by atoms with Crippen molar-refractivity contribution in [3.63, 3.8) is 0 Å². The van der Waals surface area contributed by atoms with Gasteiger partial charge in [-0.25, -0.2) is 9.78 Å². The molecule has 5 heteroatoms. The van der Waals surface area contributed by atoms with E-state index in [0.29, 0.717) is 0 Å². The topological polar surface area (TPSA) is 82.5 Å². The number of nitrogens with zero attached hydrogens (tertiary/aromatic N) is 1. The van der Waals surface area contributed by atoms with Crippen molar-refractivity contribution in [2.24, 2.45) is 0 Å². The van der Waals surface area contributed by atoms with Gasteiger partial charge in [-0.2, -0.15) is 0 Å². The van der Waals surface area contributed by atoms with Crippen molar-refractivity contribution in [3.05, 3.63) is 24.0 Å². The molecular formula is C12H18N2O3. The number of rotatable bonds is 8. The first-order valence-electron chi connectivity index (χ1n) is 5.78. The summed E-state index contributed by atoms with van der Waals surface area (Å²) in [7, 11) is 0. The number of nitrogens with one attached hydrogen (secondary N) is 1. The Labute approximate surface area is 101 Å². The van der Waals surface area contributed by atoms with Crippen molar-refractivity contribution in [2.75, 3.05) is 18.5 Å². The van der Waals surface area contributed by atoms with Crippen LogP contribution < -0.4 is 5.32 Å². The lowest BCUT2D eigenvalue weighted by Gasteiger charge is -2.06. The third-order valence-electron chi connectivity index (χ3n) is 2.39. The zero-order chi connectivity index (χ0) is 12.5. The molecule has 94 valence electrons. The van der Waals surface area contributed by atoms with Crippen LogP contribution in [0.5, 0.6) is 0 Å². The van der Waals surface area contributed by atoms with Crippen LogP contribution in [0.1, 0.15) is 36.2 Å². The largest absolute Gasteiger partial charge is 0.477 e. The van der Waals surface area contributed by atoms with Gasteiger partial charge in [0.2, 0.25) is 0 Å². The van der Waals surface area contributed by atoms with Gasteiger partial charge in [-0.3, -0.25) is 0 Å². The molecule has 0 aliphatic carbocycles. The quantitative estimate of drug-likeness (QED) is 0.601. The van der Waals surface area contributed by atoms with E-state index in [0.717, 1.165) is 37.9 Å². The molecule has 0 aromatic carbocycles. The summed E-state index contributed by atoms with van der Waals surface area (Å²) in [6.45, 7) is 1.05. The van der Waals surface area contributed by atoms with Gasteiger partial charge in [-0.1, -0.05) is 12.8 Å². The molecule has 5 nitrogen and oxygen atoms in total. The Kier molecular flexibility index (Phi) is 6.03. The minimum Gasteiger partial charge on any atom is -0.477 e. The van der Waals surface area contributed by atoms with Gasteiger partial charge in [-0.05, 0) is 25.0 Å². The van der Waals surface area contributed by atoms with Crippen molar-refractivity contribution in [1.29, 1.82) is 0 Å². The highest BCUT2D eigenvalue weighted by atomic mass is 16.4. The number of aromatic nitrogens is 1. The molecule has 0 unspecified atom stereocenters. The molecule has 0 spiro atoms. The van der Waals surface area contributed by atoms with E-state index >= 15 is 0 Å². The molecule has 17 heavy (non-hydrogen) atoms. The first-order chi connectivity index (χ1) is 8.24. The molecule has 1 aromatic rings. The molecule has 3 N–H and O–H groups in total. The lowest BCUT2D eigenvalue weighted by molar-refractivity contribution is 0.0690. The average molecular weight is 238 g/mol. The van der Waals surface area contributed by atoms with Crippen LogP contribution in [0.15, 0.2) is 18.3 Å². The van der Waals surface area contributed by atoms with Gasteiger partial charge in [0.1, 0.15) is 5.69 Å². The SMILES string of the molecule is O=C(O)c1cc(NCCCCCCO)ccn1. The number of hydrogen-bond donors (Lipinski definition) is 3. The Morgan fingerprint density at radius 3 is 2.76 bits per heavy atom. The third-order valence-corrected chi connectivity index (χ3v) is 2.39. The maximum atomic E-state index is 10.7. The smallest absolute Gasteiger partial charge is 0.354 e. The second-order valence-corrected chi connectivity index (χ2v) is 3.80. The van der Waals surface area contributed by atoms with Crippen LogP contribution in [-0.2, 0) is 0 Å². The molecule has 0 saturated heterocycles. The van der Waals surface area contributed by atoms with E-state index in [1.54, 1.807) is 6.07 Å². The zero-order valence-corrected chi connectivity index (χ0v) is 9.72. The summed E-state index contributed by atoms with van der Waals surface area (Å²) in [5, 5.41) is 20.5. The highest BCUT2D eigenvalue weighted by Crippen LogP contribution is 2.08. The van der Waals surface area contributed by atoms with Crippen molar-refractivity contribution in [1.82, 2.24) is 4.98 Å². The Bertz CT molecular complexity index is 355. The number of hydrogen-bond acceptors (Lipinski definition) is 4. The normalized spacial score (nSPS) is 10.2. The number of aromatic carboxylic acids is 1. The fourth-order valence-corrected chi connectivity index (χ4v) is 1.48. The predicted octanol–water partition coefficient (Wildman–Crippen LogP) is 1.74. The van der Waals surface area contributed by atoms with Crippen LogP contribution in [0.4, 0.5) is 5.69 Å². The van der Waals surface area contributed by atoms with Crippen molar-refractivity contribution < 1.29 is 15.0 Å². The second-order valence-electron chi connectivity index (χ2n) is 3.80. The van der Waals surface area contributed by atoms with E-state index in [4.69, 9.17) is 10.2 Å². The van der Waals surface area contributed by atoms with E-state index in [2.05, 4.69) is 10.3 Å². The van der Waals surface area contributed by atoms with Crippen LogP contribution in [0.3, 0.4) is 0 Å². The van der Waals surface area contributed by atoms with Gasteiger partial charge >= 0.3 is 5.97 Å². The van der Waals surface area contributed by atoms with Gasteiger partial charge in [-0.15, -0.1) is 0 Å². The highest BCUT2D eigenvalue weighted by Gasteiger charge is 2.04. The Hall–Kier alpha value is -1.62. The lowest BCUT2D eigenvalue weighted by Crippen LogP contribution is -2.05. The van der Waals surface area contributed by atoms with Gasteiger partial charge in [0, 0.05) is 25.0 Å². The summed E-state index contributed by atoms with van der Waals surface area (Å²) >= 11 is 0. The minimum absolute atomic E-state index is 0.0512. The molecule has 0 bridgehead atoms. The number of carbonyl (C=O) groups is 1. The van der Waals surface area contributed by atoms with Gasteiger partial charge in [0.05, 0.1) is 0 Å². The molecule has 1 aromatic heterocycles. The predicted molar refractivity (Wildman–Crippen MR) is 65.2 cm³/mol. The van der Waals surface area contributed by atoms with Crippen LogP contribution in [0, 0.1) is 0 Å². The number of aliphatic hydroxyl groups excluding tert-OH is 1. The van der Waals surface area contributed by atoms with Gasteiger partial charge in [0.25, 0.3) is 0 Å². The molecule has 0 saturated carbocycles. The lowest BCUT2D eigenvalue weighted by atomic mass is 10.2. The first kappa shape index (κ1) is 13.4. The maximum absolute atomic E-state index is 10.7. The third kappa shape index (κ3) is 5.31. The molecular weight excluding hydrogens is 220 g/mol. The summed E-state index contributed by atoms with van der Waals surface area (Å²) in [6, 6.07) is 3.27. The van der Waals surface area contributed by atoms with Crippen molar-refractivity contribution in [2.45, 2.75) is 25.7 Å². The minimum atomic E-state index is -1.02. The molecule has 0 fully saturated rings. The van der Waals surface area contributed by atoms with Crippen molar-refractivity contribution >= 4 is 11.7 Å². The standard InChI is InChI=1S/C12H18N2O3/c15-8-4-2-1-3-6-13-10-5-7-14-11(9-10)12(16)17/h5,7,9,15H,1-4,6,8H2,(H,13,14)(H,16,17). The summed E-state index contributed by atoms with van der Waals surface area (Å²) in [5.41, 5.74) is 0.829. The van der Waals surface area contributed by atoms with E-state index in [9.17, 15) is 4.79 Å². The molecule has 1 rings (SSSR count). The number of anilines is 1. The number of unbranched alkanes of at least 4 members (excludes halogenated alkanes) is 3. The van der Waals surface area contributed by atoms with E-state index in [-0.39, 0.29) is 12.3 Å². The summed E-state index contributed by atoms with van der Waals surface area (Å²) < 4.78 is 0.